The van der Waals surface area contributed by atoms with Gasteiger partial charge in [-0.3, -0.25) is 0 Å². The molecule has 2 rings (SSSR count). The van der Waals surface area contributed by atoms with Crippen LogP contribution in [0.25, 0.3) is 11.0 Å². The number of carbonyl (C=O) groups is 2. The van der Waals surface area contributed by atoms with Crippen LogP contribution in [0.3, 0.4) is 0 Å². The van der Waals surface area contributed by atoms with E-state index in [4.69, 9.17) is 16.3 Å². The molecule has 9 heteroatoms. The molecule has 0 saturated heterocycles. The van der Waals surface area contributed by atoms with Crippen molar-refractivity contribution in [2.24, 2.45) is 5.92 Å². The monoisotopic (exact) mass is 396 g/mol. The summed E-state index contributed by atoms with van der Waals surface area (Å²) in [5, 5.41) is 12.9. The Morgan fingerprint density at radius 2 is 2.07 bits per heavy atom. The van der Waals surface area contributed by atoms with Crippen LogP contribution in [0, 0.1) is 5.92 Å². The fourth-order valence-corrected chi connectivity index (χ4v) is 2.78. The highest BCUT2D eigenvalue weighted by Gasteiger charge is 2.18. The number of fused-ring (bicyclic) bond motifs is 1. The standard InChI is InChI=1S/C18H25ClN4O4/c1-11(5-7-20-17(26)27-18(2,3)4)6-8-23-13(15(24)25)9-12-10-21-16(19)22-14(12)23/h9-11H,5-8H2,1-4H3,(H,20,26)(H,24,25). The summed E-state index contributed by atoms with van der Waals surface area (Å²) in [4.78, 5) is 31.2. The van der Waals surface area contributed by atoms with Crippen LogP contribution >= 0.6 is 11.6 Å². The maximum Gasteiger partial charge on any atom is 0.407 e. The van der Waals surface area contributed by atoms with Gasteiger partial charge in [0.2, 0.25) is 5.28 Å². The highest BCUT2D eigenvalue weighted by atomic mass is 35.5. The summed E-state index contributed by atoms with van der Waals surface area (Å²) in [6.45, 7) is 8.45. The van der Waals surface area contributed by atoms with Gasteiger partial charge in [-0.1, -0.05) is 6.92 Å². The van der Waals surface area contributed by atoms with E-state index in [1.54, 1.807) is 10.6 Å². The van der Waals surface area contributed by atoms with Crippen LogP contribution in [-0.2, 0) is 11.3 Å². The largest absolute Gasteiger partial charge is 0.477 e. The number of ether oxygens (including phenoxy) is 1. The SMILES string of the molecule is CC(CCNC(=O)OC(C)(C)C)CCn1c(C(=O)O)cc2cnc(Cl)nc21. The molecule has 0 saturated carbocycles. The van der Waals surface area contributed by atoms with E-state index < -0.39 is 17.7 Å². The van der Waals surface area contributed by atoms with Gasteiger partial charge in [-0.15, -0.1) is 0 Å². The molecular weight excluding hydrogens is 372 g/mol. The first kappa shape index (κ1) is 21.0. The van der Waals surface area contributed by atoms with Gasteiger partial charge in [0.15, 0.2) is 0 Å². The van der Waals surface area contributed by atoms with Gasteiger partial charge in [-0.05, 0) is 57.2 Å². The van der Waals surface area contributed by atoms with Gasteiger partial charge in [0.25, 0.3) is 0 Å². The summed E-state index contributed by atoms with van der Waals surface area (Å²) >= 11 is 5.85. The zero-order valence-electron chi connectivity index (χ0n) is 16.0. The van der Waals surface area contributed by atoms with Crippen molar-refractivity contribution in [3.63, 3.8) is 0 Å². The maximum absolute atomic E-state index is 11.7. The molecule has 1 amide bonds. The predicted octanol–water partition coefficient (Wildman–Crippen LogP) is 3.72. The molecule has 0 bridgehead atoms. The molecule has 0 radical (unpaired) electrons. The van der Waals surface area contributed by atoms with Crippen molar-refractivity contribution in [3.05, 3.63) is 23.2 Å². The van der Waals surface area contributed by atoms with Crippen molar-refractivity contribution in [1.82, 2.24) is 19.9 Å². The van der Waals surface area contributed by atoms with E-state index >= 15 is 0 Å². The Morgan fingerprint density at radius 3 is 2.70 bits per heavy atom. The van der Waals surface area contributed by atoms with Crippen LogP contribution in [0.15, 0.2) is 12.3 Å². The molecule has 2 aromatic heterocycles. The molecule has 148 valence electrons. The molecule has 8 nitrogen and oxygen atoms in total. The Labute approximate surface area is 162 Å². The van der Waals surface area contributed by atoms with Gasteiger partial charge in [-0.2, -0.15) is 4.98 Å². The summed E-state index contributed by atoms with van der Waals surface area (Å²) < 4.78 is 6.84. The number of nitrogens with one attached hydrogen (secondary N) is 1. The van der Waals surface area contributed by atoms with Crippen LogP contribution in [0.4, 0.5) is 4.79 Å². The molecule has 1 atom stereocenters. The maximum atomic E-state index is 11.7. The first-order valence-electron chi connectivity index (χ1n) is 8.78. The molecule has 0 spiro atoms. The summed E-state index contributed by atoms with van der Waals surface area (Å²) in [6, 6.07) is 1.54. The minimum atomic E-state index is -1.02. The number of carbonyl (C=O) groups excluding carboxylic acids is 1. The molecule has 0 aliphatic rings. The van der Waals surface area contributed by atoms with Crippen LogP contribution in [0.2, 0.25) is 5.28 Å². The number of hydrogen-bond acceptors (Lipinski definition) is 5. The van der Waals surface area contributed by atoms with E-state index in [1.165, 1.54) is 6.20 Å². The van der Waals surface area contributed by atoms with Crippen molar-refractivity contribution in [2.75, 3.05) is 6.54 Å². The number of amides is 1. The van der Waals surface area contributed by atoms with Gasteiger partial charge < -0.3 is 19.7 Å². The quantitative estimate of drug-likeness (QED) is 0.690. The average molecular weight is 397 g/mol. The first-order chi connectivity index (χ1) is 12.6. The predicted molar refractivity (Wildman–Crippen MR) is 102 cm³/mol. The number of aromatic nitrogens is 3. The number of carboxylic acids is 1. The van der Waals surface area contributed by atoms with Gasteiger partial charge >= 0.3 is 12.1 Å². The third-order valence-electron chi connectivity index (χ3n) is 3.98. The lowest BCUT2D eigenvalue weighted by atomic mass is 10.0. The van der Waals surface area contributed by atoms with Crippen molar-refractivity contribution in [1.29, 1.82) is 0 Å². The normalized spacial score (nSPS) is 12.8. The summed E-state index contributed by atoms with van der Waals surface area (Å²) in [6.07, 6.45) is 2.55. The molecule has 0 aliphatic carbocycles. The topological polar surface area (TPSA) is 106 Å². The number of aryl methyl sites for hydroxylation is 1. The van der Waals surface area contributed by atoms with Crippen LogP contribution in [0.1, 0.15) is 51.0 Å². The fourth-order valence-electron chi connectivity index (χ4n) is 2.65. The Hall–Kier alpha value is -2.35. The zero-order valence-corrected chi connectivity index (χ0v) is 16.7. The number of rotatable bonds is 7. The van der Waals surface area contributed by atoms with Crippen molar-refractivity contribution < 1.29 is 19.4 Å². The van der Waals surface area contributed by atoms with Crippen molar-refractivity contribution in [3.8, 4) is 0 Å². The number of halogens is 1. The van der Waals surface area contributed by atoms with Crippen molar-refractivity contribution in [2.45, 2.75) is 52.7 Å². The van der Waals surface area contributed by atoms with E-state index in [-0.39, 0.29) is 16.9 Å². The van der Waals surface area contributed by atoms with E-state index in [0.29, 0.717) is 24.1 Å². The van der Waals surface area contributed by atoms with E-state index in [9.17, 15) is 14.7 Å². The third kappa shape index (κ3) is 6.09. The second kappa shape index (κ2) is 8.56. The zero-order chi connectivity index (χ0) is 20.2. The molecule has 0 fully saturated rings. The molecule has 27 heavy (non-hydrogen) atoms. The summed E-state index contributed by atoms with van der Waals surface area (Å²) in [5.41, 5.74) is 0.133. The smallest absolute Gasteiger partial charge is 0.407 e. The second-order valence-electron chi connectivity index (χ2n) is 7.52. The highest BCUT2D eigenvalue weighted by molar-refractivity contribution is 6.28. The van der Waals surface area contributed by atoms with Crippen LogP contribution < -0.4 is 5.32 Å². The Kier molecular flexibility index (Phi) is 6.64. The number of carboxylic acid groups (broad SMARTS) is 1. The molecule has 2 heterocycles. The van der Waals surface area contributed by atoms with Gasteiger partial charge in [0.05, 0.1) is 0 Å². The van der Waals surface area contributed by atoms with Crippen LogP contribution in [-0.4, -0.2) is 43.8 Å². The molecule has 0 aliphatic heterocycles. The minimum Gasteiger partial charge on any atom is -0.477 e. The molecule has 2 aromatic rings. The van der Waals surface area contributed by atoms with Gasteiger partial charge in [0, 0.05) is 24.7 Å². The lowest BCUT2D eigenvalue weighted by molar-refractivity contribution is 0.0524. The fraction of sp³-hybridized carbons (Fsp3) is 0.556. The van der Waals surface area contributed by atoms with Gasteiger partial charge in [0.1, 0.15) is 16.9 Å². The molecule has 1 unspecified atom stereocenters. The number of aromatic carboxylic acids is 1. The van der Waals surface area contributed by atoms with E-state index in [1.807, 2.05) is 27.7 Å². The third-order valence-corrected chi connectivity index (χ3v) is 4.16. The van der Waals surface area contributed by atoms with Crippen LogP contribution in [0.5, 0.6) is 0 Å². The number of alkyl carbamates (subject to hydrolysis) is 1. The summed E-state index contributed by atoms with van der Waals surface area (Å²) in [5.74, 6) is -0.764. The van der Waals surface area contributed by atoms with E-state index in [2.05, 4.69) is 15.3 Å². The first-order valence-corrected chi connectivity index (χ1v) is 9.16. The molecular formula is C18H25ClN4O4. The molecule has 0 aromatic carbocycles. The average Bonchev–Trinajstić information content (AvgIpc) is 2.89. The Bertz CT molecular complexity index is 829. The van der Waals surface area contributed by atoms with E-state index in [0.717, 1.165) is 12.8 Å². The summed E-state index contributed by atoms with van der Waals surface area (Å²) in [7, 11) is 0. The van der Waals surface area contributed by atoms with Gasteiger partial charge in [-0.25, -0.2) is 14.6 Å². The number of nitrogens with zero attached hydrogens (tertiary/aromatic N) is 3. The second-order valence-corrected chi connectivity index (χ2v) is 7.85. The lowest BCUT2D eigenvalue weighted by Gasteiger charge is -2.20. The van der Waals surface area contributed by atoms with Crippen molar-refractivity contribution >= 4 is 34.7 Å². The number of hydrogen-bond donors (Lipinski definition) is 2. The minimum absolute atomic E-state index is 0.0772. The Morgan fingerprint density at radius 1 is 1.37 bits per heavy atom. The highest BCUT2D eigenvalue weighted by Crippen LogP contribution is 2.21. The lowest BCUT2D eigenvalue weighted by Crippen LogP contribution is -2.33. The Balaban J connectivity index is 1.94. The molecule has 2 N–H and O–H groups in total.